The molecule has 1 aromatic rings. The van der Waals surface area contributed by atoms with E-state index in [1.165, 1.54) is 5.56 Å². The van der Waals surface area contributed by atoms with Gasteiger partial charge in [-0.1, -0.05) is 27.7 Å². The van der Waals surface area contributed by atoms with Gasteiger partial charge in [0.1, 0.15) is 6.17 Å². The van der Waals surface area contributed by atoms with E-state index in [4.69, 9.17) is 0 Å². The fourth-order valence-electron chi connectivity index (χ4n) is 2.53. The summed E-state index contributed by atoms with van der Waals surface area (Å²) in [5.74, 6) is 1.32. The zero-order chi connectivity index (χ0) is 14.9. The second-order valence-electron chi connectivity index (χ2n) is 6.47. The van der Waals surface area contributed by atoms with Crippen LogP contribution in [0, 0.1) is 11.8 Å². The Morgan fingerprint density at radius 1 is 1.45 bits per heavy atom. The minimum absolute atomic E-state index is 0.0277. The Hall–Kier alpha value is -0.870. The van der Waals surface area contributed by atoms with Crippen molar-refractivity contribution in [2.45, 2.75) is 52.7 Å². The number of nitrogens with zero attached hydrogens (tertiary/aromatic N) is 1. The summed E-state index contributed by atoms with van der Waals surface area (Å²) in [6.45, 7) is 11.6. The molecule has 0 aromatic carbocycles. The standard InChI is InChI=1S/C16H26N2OS/c1-6-16(5)15(19)18(9-12(4)11(2)3)14(17-16)13-7-8-20-10-13/h7-8,10-12,14,17H,6,9H2,1-5H3. The average molecular weight is 294 g/mol. The van der Waals surface area contributed by atoms with Crippen molar-refractivity contribution >= 4 is 17.2 Å². The highest BCUT2D eigenvalue weighted by molar-refractivity contribution is 7.07. The van der Waals surface area contributed by atoms with Crippen molar-refractivity contribution in [2.24, 2.45) is 11.8 Å². The number of hydrogen-bond acceptors (Lipinski definition) is 3. The van der Waals surface area contributed by atoms with E-state index in [9.17, 15) is 4.79 Å². The third-order valence-electron chi connectivity index (χ3n) is 4.69. The van der Waals surface area contributed by atoms with Gasteiger partial charge in [-0.25, -0.2) is 0 Å². The maximum atomic E-state index is 12.8. The van der Waals surface area contributed by atoms with E-state index in [0.29, 0.717) is 11.8 Å². The van der Waals surface area contributed by atoms with Crippen LogP contribution in [0.4, 0.5) is 0 Å². The third kappa shape index (κ3) is 2.77. The Bertz CT molecular complexity index is 457. The average Bonchev–Trinajstić information content (AvgIpc) is 3.01. The third-order valence-corrected chi connectivity index (χ3v) is 5.39. The molecule has 1 aromatic heterocycles. The molecule has 1 aliphatic heterocycles. The summed E-state index contributed by atoms with van der Waals surface area (Å²) in [5.41, 5.74) is 0.778. The smallest absolute Gasteiger partial charge is 0.244 e. The summed E-state index contributed by atoms with van der Waals surface area (Å²) < 4.78 is 0. The van der Waals surface area contributed by atoms with Crippen molar-refractivity contribution in [1.82, 2.24) is 10.2 Å². The van der Waals surface area contributed by atoms with E-state index in [1.54, 1.807) is 11.3 Å². The number of hydrogen-bond donors (Lipinski definition) is 1. The normalized spacial score (nSPS) is 28.4. The van der Waals surface area contributed by atoms with Crippen LogP contribution in [0.25, 0.3) is 0 Å². The molecule has 0 radical (unpaired) electrons. The minimum atomic E-state index is -0.427. The number of nitrogens with one attached hydrogen (secondary N) is 1. The lowest BCUT2D eigenvalue weighted by molar-refractivity contribution is -0.133. The first-order valence-corrected chi connectivity index (χ1v) is 8.44. The summed E-state index contributed by atoms with van der Waals surface area (Å²) in [5, 5.41) is 7.76. The zero-order valence-electron chi connectivity index (χ0n) is 13.1. The van der Waals surface area contributed by atoms with Gasteiger partial charge in [0.05, 0.1) is 5.54 Å². The second kappa shape index (κ2) is 5.86. The molecule has 1 aliphatic rings. The topological polar surface area (TPSA) is 32.3 Å². The van der Waals surface area contributed by atoms with E-state index in [0.717, 1.165) is 13.0 Å². The molecule has 4 heteroatoms. The highest BCUT2D eigenvalue weighted by Gasteiger charge is 2.47. The lowest BCUT2D eigenvalue weighted by atomic mass is 9.96. The molecular weight excluding hydrogens is 268 g/mol. The number of amides is 1. The monoisotopic (exact) mass is 294 g/mol. The van der Waals surface area contributed by atoms with Crippen molar-refractivity contribution in [3.8, 4) is 0 Å². The first-order valence-electron chi connectivity index (χ1n) is 7.50. The van der Waals surface area contributed by atoms with Crippen LogP contribution in [0.1, 0.15) is 52.8 Å². The largest absolute Gasteiger partial charge is 0.321 e. The Morgan fingerprint density at radius 3 is 2.65 bits per heavy atom. The van der Waals surface area contributed by atoms with Gasteiger partial charge >= 0.3 is 0 Å². The van der Waals surface area contributed by atoms with Crippen molar-refractivity contribution < 1.29 is 4.79 Å². The lowest BCUT2D eigenvalue weighted by Gasteiger charge is -2.28. The van der Waals surface area contributed by atoms with Gasteiger partial charge in [0.15, 0.2) is 0 Å². The van der Waals surface area contributed by atoms with Crippen LogP contribution in [-0.2, 0) is 4.79 Å². The number of thiophene rings is 1. The molecule has 1 N–H and O–H groups in total. The van der Waals surface area contributed by atoms with E-state index >= 15 is 0 Å². The molecule has 20 heavy (non-hydrogen) atoms. The van der Waals surface area contributed by atoms with Gasteiger partial charge in [0.25, 0.3) is 0 Å². The summed E-state index contributed by atoms with van der Waals surface area (Å²) in [4.78, 5) is 14.8. The Morgan fingerprint density at radius 2 is 2.15 bits per heavy atom. The lowest BCUT2D eigenvalue weighted by Crippen LogP contribution is -2.43. The quantitative estimate of drug-likeness (QED) is 0.899. The van der Waals surface area contributed by atoms with Crippen LogP contribution in [-0.4, -0.2) is 22.9 Å². The molecule has 0 saturated carbocycles. The first kappa shape index (κ1) is 15.5. The molecule has 1 fully saturated rings. The molecule has 0 aliphatic carbocycles. The van der Waals surface area contributed by atoms with Crippen LogP contribution in [0.3, 0.4) is 0 Å². The van der Waals surface area contributed by atoms with Crippen molar-refractivity contribution in [3.63, 3.8) is 0 Å². The van der Waals surface area contributed by atoms with Gasteiger partial charge in [0.2, 0.25) is 5.91 Å². The Labute approximate surface area is 126 Å². The maximum absolute atomic E-state index is 12.8. The fourth-order valence-corrected chi connectivity index (χ4v) is 3.21. The Kier molecular flexibility index (Phi) is 4.55. The minimum Gasteiger partial charge on any atom is -0.321 e. The number of carbonyl (C=O) groups excluding carboxylic acids is 1. The zero-order valence-corrected chi connectivity index (χ0v) is 14.0. The molecule has 1 amide bonds. The number of rotatable bonds is 5. The van der Waals surface area contributed by atoms with E-state index in [1.807, 2.05) is 11.8 Å². The van der Waals surface area contributed by atoms with Crippen molar-refractivity contribution in [1.29, 1.82) is 0 Å². The van der Waals surface area contributed by atoms with E-state index < -0.39 is 5.54 Å². The predicted octanol–water partition coefficient (Wildman–Crippen LogP) is 3.64. The second-order valence-corrected chi connectivity index (χ2v) is 7.25. The summed E-state index contributed by atoms with van der Waals surface area (Å²) >= 11 is 1.68. The summed E-state index contributed by atoms with van der Waals surface area (Å²) in [6, 6.07) is 2.12. The van der Waals surface area contributed by atoms with E-state index in [2.05, 4.69) is 49.8 Å². The van der Waals surface area contributed by atoms with Gasteiger partial charge in [-0.15, -0.1) is 0 Å². The fraction of sp³-hybridized carbons (Fsp3) is 0.688. The highest BCUT2D eigenvalue weighted by Crippen LogP contribution is 2.34. The molecule has 112 valence electrons. The molecule has 0 spiro atoms. The molecule has 3 nitrogen and oxygen atoms in total. The van der Waals surface area contributed by atoms with Gasteiger partial charge in [0, 0.05) is 6.54 Å². The van der Waals surface area contributed by atoms with Crippen LogP contribution in [0.15, 0.2) is 16.8 Å². The van der Waals surface area contributed by atoms with Crippen LogP contribution < -0.4 is 5.32 Å². The molecule has 3 unspecified atom stereocenters. The summed E-state index contributed by atoms with van der Waals surface area (Å²) in [7, 11) is 0. The van der Waals surface area contributed by atoms with Crippen molar-refractivity contribution in [2.75, 3.05) is 6.54 Å². The SMILES string of the molecule is CCC1(C)NC(c2ccsc2)N(CC(C)C(C)C)C1=O. The maximum Gasteiger partial charge on any atom is 0.244 e. The van der Waals surface area contributed by atoms with Gasteiger partial charge in [-0.2, -0.15) is 11.3 Å². The van der Waals surface area contributed by atoms with E-state index in [-0.39, 0.29) is 12.1 Å². The number of carbonyl (C=O) groups is 1. The highest BCUT2D eigenvalue weighted by atomic mass is 32.1. The van der Waals surface area contributed by atoms with Gasteiger partial charge in [-0.3, -0.25) is 10.1 Å². The molecule has 1 saturated heterocycles. The molecular formula is C16H26N2OS. The molecule has 0 bridgehead atoms. The first-order chi connectivity index (χ1) is 9.39. The molecule has 2 rings (SSSR count). The Balaban J connectivity index is 2.26. The van der Waals surface area contributed by atoms with Crippen LogP contribution in [0.5, 0.6) is 0 Å². The summed E-state index contributed by atoms with van der Waals surface area (Å²) in [6.07, 6.45) is 0.846. The van der Waals surface area contributed by atoms with Crippen LogP contribution >= 0.6 is 11.3 Å². The molecule has 3 atom stereocenters. The predicted molar refractivity (Wildman–Crippen MR) is 84.6 cm³/mol. The van der Waals surface area contributed by atoms with Crippen molar-refractivity contribution in [3.05, 3.63) is 22.4 Å². The van der Waals surface area contributed by atoms with Gasteiger partial charge < -0.3 is 4.90 Å². The van der Waals surface area contributed by atoms with Crippen LogP contribution in [0.2, 0.25) is 0 Å². The molecule has 2 heterocycles. The van der Waals surface area contributed by atoms with Gasteiger partial charge in [-0.05, 0) is 47.6 Å².